The summed E-state index contributed by atoms with van der Waals surface area (Å²) >= 11 is 0. The highest BCUT2D eigenvalue weighted by Crippen LogP contribution is 2.10. The Balaban J connectivity index is 2.38. The number of sulfonamides is 1. The van der Waals surface area contributed by atoms with E-state index >= 15 is 0 Å². The quantitative estimate of drug-likeness (QED) is 0.715. The highest BCUT2D eigenvalue weighted by molar-refractivity contribution is 7.89. The van der Waals surface area contributed by atoms with Gasteiger partial charge in [0.1, 0.15) is 0 Å². The molecule has 0 fully saturated rings. The number of rotatable bonds is 8. The Morgan fingerprint density at radius 1 is 1.26 bits per heavy atom. The van der Waals surface area contributed by atoms with Gasteiger partial charge in [0.25, 0.3) is 0 Å². The fourth-order valence-electron chi connectivity index (χ4n) is 1.65. The van der Waals surface area contributed by atoms with Crippen molar-refractivity contribution in [2.45, 2.75) is 37.5 Å². The molecule has 1 rings (SSSR count). The number of benzene rings is 1. The lowest BCUT2D eigenvalue weighted by Crippen LogP contribution is -2.24. The van der Waals surface area contributed by atoms with Crippen LogP contribution in [0.3, 0.4) is 0 Å². The van der Waals surface area contributed by atoms with E-state index in [0.717, 1.165) is 5.56 Å². The highest BCUT2D eigenvalue weighted by Gasteiger charge is 2.12. The molecule has 6 heteroatoms. The molecule has 0 unspecified atom stereocenters. The first-order valence-corrected chi connectivity index (χ1v) is 7.68. The van der Waals surface area contributed by atoms with E-state index in [2.05, 4.69) is 4.72 Å². The van der Waals surface area contributed by atoms with Gasteiger partial charge in [-0.05, 0) is 37.5 Å². The second kappa shape index (κ2) is 7.25. The minimum atomic E-state index is -3.45. The summed E-state index contributed by atoms with van der Waals surface area (Å²) in [6.45, 7) is 2.17. The van der Waals surface area contributed by atoms with Crippen molar-refractivity contribution in [2.24, 2.45) is 0 Å². The van der Waals surface area contributed by atoms with Gasteiger partial charge in [0.15, 0.2) is 0 Å². The van der Waals surface area contributed by atoms with Crippen molar-refractivity contribution in [3.63, 3.8) is 0 Å². The summed E-state index contributed by atoms with van der Waals surface area (Å²) in [5.41, 5.74) is 0.893. The van der Waals surface area contributed by atoms with Gasteiger partial charge >= 0.3 is 5.97 Å². The zero-order chi connectivity index (χ0) is 14.3. The molecule has 0 spiro atoms. The summed E-state index contributed by atoms with van der Waals surface area (Å²) in [6.07, 6.45) is 2.03. The van der Waals surface area contributed by atoms with Crippen LogP contribution in [-0.2, 0) is 14.8 Å². The second-order valence-corrected chi connectivity index (χ2v) is 6.19. The number of carbonyl (C=O) groups is 1. The summed E-state index contributed by atoms with van der Waals surface area (Å²) in [4.78, 5) is 10.6. The Bertz CT molecular complexity index is 525. The molecule has 1 aromatic carbocycles. The van der Waals surface area contributed by atoms with Crippen LogP contribution >= 0.6 is 0 Å². The Morgan fingerprint density at radius 3 is 2.63 bits per heavy atom. The molecule has 1 aromatic rings. The lowest BCUT2D eigenvalue weighted by molar-refractivity contribution is -0.137. The van der Waals surface area contributed by atoms with Crippen molar-refractivity contribution in [1.82, 2.24) is 4.72 Å². The van der Waals surface area contributed by atoms with Crippen molar-refractivity contribution in [1.29, 1.82) is 0 Å². The maximum absolute atomic E-state index is 11.9. The molecule has 2 N–H and O–H groups in total. The average Bonchev–Trinajstić information content (AvgIpc) is 2.33. The van der Waals surface area contributed by atoms with Crippen LogP contribution in [0.1, 0.15) is 31.2 Å². The molecule has 0 heterocycles. The molecular formula is C13H19NO4S. The first-order valence-electron chi connectivity index (χ1n) is 6.20. The van der Waals surface area contributed by atoms with Crippen molar-refractivity contribution in [2.75, 3.05) is 6.54 Å². The van der Waals surface area contributed by atoms with Gasteiger partial charge in [-0.15, -0.1) is 0 Å². The van der Waals surface area contributed by atoms with Gasteiger partial charge in [-0.3, -0.25) is 4.79 Å². The Labute approximate surface area is 113 Å². The number of aryl methyl sites for hydroxylation is 1. The van der Waals surface area contributed by atoms with Crippen LogP contribution in [-0.4, -0.2) is 26.0 Å². The molecule has 0 radical (unpaired) electrons. The summed E-state index contributed by atoms with van der Waals surface area (Å²) in [7, 11) is -3.45. The van der Waals surface area contributed by atoms with Crippen molar-refractivity contribution in [3.05, 3.63) is 29.8 Å². The largest absolute Gasteiger partial charge is 0.481 e. The van der Waals surface area contributed by atoms with E-state index in [-0.39, 0.29) is 11.3 Å². The van der Waals surface area contributed by atoms with Crippen LogP contribution in [0.5, 0.6) is 0 Å². The normalized spacial score (nSPS) is 11.4. The summed E-state index contributed by atoms with van der Waals surface area (Å²) in [6, 6.07) is 6.72. The Morgan fingerprint density at radius 2 is 2.00 bits per heavy atom. The van der Waals surface area contributed by atoms with Gasteiger partial charge in [0.2, 0.25) is 10.0 Å². The predicted molar refractivity (Wildman–Crippen MR) is 72.5 cm³/mol. The van der Waals surface area contributed by atoms with Crippen LogP contribution in [0.15, 0.2) is 29.2 Å². The molecule has 0 atom stereocenters. The lowest BCUT2D eigenvalue weighted by atomic mass is 10.2. The third-order valence-corrected chi connectivity index (χ3v) is 4.12. The summed E-state index contributed by atoms with van der Waals surface area (Å²) < 4.78 is 26.4. The third kappa shape index (κ3) is 5.85. The first-order chi connectivity index (χ1) is 8.92. The van der Waals surface area contributed by atoms with Crippen LogP contribution in [0, 0.1) is 6.92 Å². The smallest absolute Gasteiger partial charge is 0.303 e. The van der Waals surface area contributed by atoms with Crippen molar-refractivity contribution in [3.8, 4) is 0 Å². The Kier molecular flexibility index (Phi) is 5.98. The minimum Gasteiger partial charge on any atom is -0.481 e. The molecule has 0 aliphatic carbocycles. The van der Waals surface area contributed by atoms with Gasteiger partial charge < -0.3 is 5.11 Å². The molecule has 0 saturated heterocycles. The van der Waals surface area contributed by atoms with E-state index in [1.54, 1.807) is 18.2 Å². The van der Waals surface area contributed by atoms with E-state index in [1.165, 1.54) is 0 Å². The Hall–Kier alpha value is -1.40. The number of nitrogens with one attached hydrogen (secondary N) is 1. The molecule has 106 valence electrons. The molecule has 5 nitrogen and oxygen atoms in total. The monoisotopic (exact) mass is 285 g/mol. The standard InChI is InChI=1S/C13H19NO4S/c1-11-6-5-7-12(10-11)19(17,18)14-9-4-2-3-8-13(15)16/h5-7,10,14H,2-4,8-9H2,1H3,(H,15,16). The summed E-state index contributed by atoms with van der Waals surface area (Å²) in [5.74, 6) is -0.819. The molecule has 19 heavy (non-hydrogen) atoms. The summed E-state index contributed by atoms with van der Waals surface area (Å²) in [5, 5.41) is 8.46. The maximum atomic E-state index is 11.9. The van der Waals surface area contributed by atoms with Gasteiger partial charge in [-0.2, -0.15) is 0 Å². The van der Waals surface area contributed by atoms with Gasteiger partial charge in [-0.1, -0.05) is 18.6 Å². The number of carboxylic acids is 1. The zero-order valence-corrected chi connectivity index (χ0v) is 11.7. The number of aliphatic carboxylic acids is 1. The fraction of sp³-hybridized carbons (Fsp3) is 0.462. The topological polar surface area (TPSA) is 83.5 Å². The molecule has 0 aliphatic heterocycles. The molecule has 0 saturated carbocycles. The van der Waals surface area contributed by atoms with E-state index in [0.29, 0.717) is 25.8 Å². The van der Waals surface area contributed by atoms with Crippen molar-refractivity contribution >= 4 is 16.0 Å². The molecule has 0 amide bonds. The SMILES string of the molecule is Cc1cccc(S(=O)(=O)NCCCCCC(=O)O)c1. The van der Waals surface area contributed by atoms with Crippen LogP contribution < -0.4 is 4.72 Å². The third-order valence-electron chi connectivity index (χ3n) is 2.66. The van der Waals surface area contributed by atoms with Crippen molar-refractivity contribution < 1.29 is 18.3 Å². The molecule has 0 aromatic heterocycles. The van der Waals surface area contributed by atoms with Gasteiger partial charge in [-0.25, -0.2) is 13.1 Å². The number of hydrogen-bond donors (Lipinski definition) is 2. The minimum absolute atomic E-state index is 0.130. The molecular weight excluding hydrogens is 266 g/mol. The second-order valence-electron chi connectivity index (χ2n) is 4.42. The van der Waals surface area contributed by atoms with E-state index in [4.69, 9.17) is 5.11 Å². The number of hydrogen-bond acceptors (Lipinski definition) is 3. The predicted octanol–water partition coefficient (Wildman–Crippen LogP) is 1.92. The molecule has 0 aliphatic rings. The van der Waals surface area contributed by atoms with Gasteiger partial charge in [0, 0.05) is 13.0 Å². The average molecular weight is 285 g/mol. The number of carboxylic acid groups (broad SMARTS) is 1. The maximum Gasteiger partial charge on any atom is 0.303 e. The first kappa shape index (κ1) is 15.7. The number of unbranched alkanes of at least 4 members (excludes halogenated alkanes) is 2. The van der Waals surface area contributed by atoms with E-state index in [1.807, 2.05) is 13.0 Å². The van der Waals surface area contributed by atoms with Gasteiger partial charge in [0.05, 0.1) is 4.90 Å². The lowest BCUT2D eigenvalue weighted by Gasteiger charge is -2.07. The van der Waals surface area contributed by atoms with E-state index in [9.17, 15) is 13.2 Å². The van der Waals surface area contributed by atoms with E-state index < -0.39 is 16.0 Å². The van der Waals surface area contributed by atoms with Crippen LogP contribution in [0.25, 0.3) is 0 Å². The van der Waals surface area contributed by atoms with Crippen LogP contribution in [0.2, 0.25) is 0 Å². The fourth-order valence-corrected chi connectivity index (χ4v) is 2.83. The van der Waals surface area contributed by atoms with Crippen LogP contribution in [0.4, 0.5) is 0 Å². The highest BCUT2D eigenvalue weighted by atomic mass is 32.2. The molecule has 0 bridgehead atoms. The zero-order valence-electron chi connectivity index (χ0n) is 10.9.